The number of hydrogen-bond acceptors (Lipinski definition) is 4. The predicted molar refractivity (Wildman–Crippen MR) is 101 cm³/mol. The van der Waals surface area contributed by atoms with Crippen molar-refractivity contribution >= 4 is 17.5 Å². The molecule has 0 bridgehead atoms. The van der Waals surface area contributed by atoms with Crippen molar-refractivity contribution in [1.29, 1.82) is 0 Å². The number of benzene rings is 2. The molecule has 26 heavy (non-hydrogen) atoms. The molecule has 2 aromatic rings. The molecule has 0 radical (unpaired) electrons. The summed E-state index contributed by atoms with van der Waals surface area (Å²) in [5.74, 6) is 1.14. The van der Waals surface area contributed by atoms with Gasteiger partial charge in [-0.2, -0.15) is 0 Å². The largest absolute Gasteiger partial charge is 0.497 e. The van der Waals surface area contributed by atoms with Crippen molar-refractivity contribution < 1.29 is 19.1 Å². The molecule has 138 valence electrons. The molecule has 0 aliphatic heterocycles. The van der Waals surface area contributed by atoms with E-state index in [2.05, 4.69) is 10.6 Å². The first-order chi connectivity index (χ1) is 12.4. The Morgan fingerprint density at radius 2 is 1.73 bits per heavy atom. The molecule has 2 amide bonds. The molecule has 2 aromatic carbocycles. The Bertz CT molecular complexity index is 772. The van der Waals surface area contributed by atoms with Gasteiger partial charge in [0.05, 0.1) is 26.7 Å². The Labute approximate surface area is 153 Å². The van der Waals surface area contributed by atoms with Gasteiger partial charge in [0.15, 0.2) is 0 Å². The van der Waals surface area contributed by atoms with E-state index < -0.39 is 0 Å². The fourth-order valence-corrected chi connectivity index (χ4v) is 2.64. The van der Waals surface area contributed by atoms with E-state index in [1.165, 1.54) is 6.92 Å². The number of carbonyl (C=O) groups is 2. The summed E-state index contributed by atoms with van der Waals surface area (Å²) < 4.78 is 10.6. The maximum atomic E-state index is 12.3. The third-order valence-electron chi connectivity index (χ3n) is 3.92. The lowest BCUT2D eigenvalue weighted by molar-refractivity contribution is -0.121. The van der Waals surface area contributed by atoms with Gasteiger partial charge < -0.3 is 20.1 Å². The zero-order chi connectivity index (χ0) is 19.1. The van der Waals surface area contributed by atoms with Gasteiger partial charge in [-0.1, -0.05) is 12.1 Å². The van der Waals surface area contributed by atoms with Crippen LogP contribution in [0.4, 0.5) is 5.69 Å². The van der Waals surface area contributed by atoms with Gasteiger partial charge in [0.25, 0.3) is 0 Å². The lowest BCUT2D eigenvalue weighted by atomic mass is 10.1. The number of amides is 2. The fourth-order valence-electron chi connectivity index (χ4n) is 2.64. The first-order valence-corrected chi connectivity index (χ1v) is 8.30. The van der Waals surface area contributed by atoms with Crippen LogP contribution in [0.2, 0.25) is 0 Å². The molecule has 0 saturated heterocycles. The van der Waals surface area contributed by atoms with Crippen LogP contribution in [-0.4, -0.2) is 26.0 Å². The maximum absolute atomic E-state index is 12.3. The molecule has 1 unspecified atom stereocenters. The summed E-state index contributed by atoms with van der Waals surface area (Å²) in [6, 6.07) is 12.5. The molecule has 0 saturated carbocycles. The first kappa shape index (κ1) is 19.3. The van der Waals surface area contributed by atoms with Crippen molar-refractivity contribution in [3.63, 3.8) is 0 Å². The summed E-state index contributed by atoms with van der Waals surface area (Å²) in [4.78, 5) is 23.4. The lowest BCUT2D eigenvalue weighted by Crippen LogP contribution is -2.28. The number of methoxy groups -OCH3 is 2. The molecule has 2 N–H and O–H groups in total. The van der Waals surface area contributed by atoms with Crippen molar-refractivity contribution in [2.75, 3.05) is 19.5 Å². The predicted octanol–water partition coefficient (Wildman–Crippen LogP) is 3.08. The second-order valence-corrected chi connectivity index (χ2v) is 5.95. The van der Waals surface area contributed by atoms with E-state index in [0.717, 1.165) is 11.1 Å². The topological polar surface area (TPSA) is 76.7 Å². The maximum Gasteiger partial charge on any atom is 0.224 e. The standard InChI is InChI=1S/C20H24N2O4/c1-13(18-10-9-17(25-3)12-19(18)26-4)21-20(24)11-15-5-7-16(8-6-15)22-14(2)23/h5-10,12-13H,11H2,1-4H3,(H,21,24)(H,22,23). The van der Waals surface area contributed by atoms with E-state index in [-0.39, 0.29) is 24.3 Å². The molecular weight excluding hydrogens is 332 g/mol. The van der Waals surface area contributed by atoms with Gasteiger partial charge in [0, 0.05) is 24.2 Å². The van der Waals surface area contributed by atoms with Crippen LogP contribution in [0.1, 0.15) is 31.0 Å². The number of anilines is 1. The van der Waals surface area contributed by atoms with Crippen molar-refractivity contribution in [2.24, 2.45) is 0 Å². The summed E-state index contributed by atoms with van der Waals surface area (Å²) >= 11 is 0. The monoisotopic (exact) mass is 356 g/mol. The third-order valence-corrected chi connectivity index (χ3v) is 3.92. The Hall–Kier alpha value is -3.02. The number of hydrogen-bond donors (Lipinski definition) is 2. The van der Waals surface area contributed by atoms with E-state index in [9.17, 15) is 9.59 Å². The number of ether oxygens (including phenoxy) is 2. The molecule has 2 rings (SSSR count). The number of nitrogens with one attached hydrogen (secondary N) is 2. The molecular formula is C20H24N2O4. The summed E-state index contributed by atoms with van der Waals surface area (Å²) in [7, 11) is 3.18. The smallest absolute Gasteiger partial charge is 0.224 e. The first-order valence-electron chi connectivity index (χ1n) is 8.30. The summed E-state index contributed by atoms with van der Waals surface area (Å²) in [6.45, 7) is 3.36. The molecule has 6 nitrogen and oxygen atoms in total. The highest BCUT2D eigenvalue weighted by atomic mass is 16.5. The van der Waals surface area contributed by atoms with Crippen LogP contribution >= 0.6 is 0 Å². The van der Waals surface area contributed by atoms with Gasteiger partial charge in [0.2, 0.25) is 11.8 Å². The minimum absolute atomic E-state index is 0.0948. The van der Waals surface area contributed by atoms with Crippen LogP contribution in [0.5, 0.6) is 11.5 Å². The minimum atomic E-state index is -0.206. The van der Waals surface area contributed by atoms with Crippen LogP contribution in [0.3, 0.4) is 0 Å². The van der Waals surface area contributed by atoms with Crippen molar-refractivity contribution in [3.8, 4) is 11.5 Å². The molecule has 0 spiro atoms. The Morgan fingerprint density at radius 1 is 1.04 bits per heavy atom. The highest BCUT2D eigenvalue weighted by Crippen LogP contribution is 2.29. The molecule has 6 heteroatoms. The second-order valence-electron chi connectivity index (χ2n) is 5.95. The van der Waals surface area contributed by atoms with Gasteiger partial charge in [-0.05, 0) is 36.8 Å². The number of rotatable bonds is 7. The van der Waals surface area contributed by atoms with E-state index in [0.29, 0.717) is 17.2 Å². The summed E-state index contributed by atoms with van der Waals surface area (Å²) in [6.07, 6.45) is 0.253. The average molecular weight is 356 g/mol. The van der Waals surface area contributed by atoms with Gasteiger partial charge in [0.1, 0.15) is 11.5 Å². The van der Waals surface area contributed by atoms with E-state index >= 15 is 0 Å². The van der Waals surface area contributed by atoms with Crippen LogP contribution < -0.4 is 20.1 Å². The summed E-state index contributed by atoms with van der Waals surface area (Å²) in [5.41, 5.74) is 2.45. The van der Waals surface area contributed by atoms with Gasteiger partial charge >= 0.3 is 0 Å². The Balaban J connectivity index is 2.00. The van der Waals surface area contributed by atoms with Crippen molar-refractivity contribution in [1.82, 2.24) is 5.32 Å². The number of carbonyl (C=O) groups excluding carboxylic acids is 2. The second kappa shape index (κ2) is 8.89. The van der Waals surface area contributed by atoms with Crippen LogP contribution in [-0.2, 0) is 16.0 Å². The van der Waals surface area contributed by atoms with Crippen LogP contribution in [0.15, 0.2) is 42.5 Å². The zero-order valence-corrected chi connectivity index (χ0v) is 15.5. The molecule has 0 aromatic heterocycles. The Kier molecular flexibility index (Phi) is 6.60. The SMILES string of the molecule is COc1ccc(C(C)NC(=O)Cc2ccc(NC(C)=O)cc2)c(OC)c1. The normalized spacial score (nSPS) is 11.4. The van der Waals surface area contributed by atoms with Crippen LogP contribution in [0.25, 0.3) is 0 Å². The van der Waals surface area contributed by atoms with E-state index in [1.54, 1.807) is 32.4 Å². The van der Waals surface area contributed by atoms with E-state index in [1.807, 2.05) is 31.2 Å². The highest BCUT2D eigenvalue weighted by Gasteiger charge is 2.15. The van der Waals surface area contributed by atoms with Crippen LogP contribution in [0, 0.1) is 0 Å². The molecule has 0 aliphatic rings. The summed E-state index contributed by atoms with van der Waals surface area (Å²) in [5, 5.41) is 5.67. The lowest BCUT2D eigenvalue weighted by Gasteiger charge is -2.18. The molecule has 1 atom stereocenters. The molecule has 0 aliphatic carbocycles. The van der Waals surface area contributed by atoms with Crippen molar-refractivity contribution in [3.05, 3.63) is 53.6 Å². The third kappa shape index (κ3) is 5.24. The van der Waals surface area contributed by atoms with Gasteiger partial charge in [-0.25, -0.2) is 0 Å². The molecule has 0 heterocycles. The fraction of sp³-hybridized carbons (Fsp3) is 0.300. The highest BCUT2D eigenvalue weighted by molar-refractivity contribution is 5.88. The van der Waals surface area contributed by atoms with Crippen molar-refractivity contribution in [2.45, 2.75) is 26.3 Å². The van der Waals surface area contributed by atoms with E-state index in [4.69, 9.17) is 9.47 Å². The van der Waals surface area contributed by atoms with Gasteiger partial charge in [-0.3, -0.25) is 9.59 Å². The average Bonchev–Trinajstić information content (AvgIpc) is 2.62. The van der Waals surface area contributed by atoms with Gasteiger partial charge in [-0.15, -0.1) is 0 Å². The zero-order valence-electron chi connectivity index (χ0n) is 15.5. The quantitative estimate of drug-likeness (QED) is 0.799. The Morgan fingerprint density at radius 3 is 2.31 bits per heavy atom. The molecule has 0 fully saturated rings. The minimum Gasteiger partial charge on any atom is -0.497 e.